The number of nitrogens with one attached hydrogen (secondary N) is 1. The second kappa shape index (κ2) is 8.87. The van der Waals surface area contributed by atoms with Crippen LogP contribution in [0.5, 0.6) is 0 Å². The minimum atomic E-state index is -0.838. The van der Waals surface area contributed by atoms with Crippen LogP contribution >= 0.6 is 79.5 Å². The van der Waals surface area contributed by atoms with Crippen molar-refractivity contribution < 1.29 is 14.7 Å². The van der Waals surface area contributed by atoms with Crippen molar-refractivity contribution in [2.24, 2.45) is 0 Å². The molecule has 0 aliphatic rings. The van der Waals surface area contributed by atoms with E-state index in [-0.39, 0.29) is 18.1 Å². The molecule has 0 atom stereocenters. The third-order valence-electron chi connectivity index (χ3n) is 1.96. The standard InChI is InChI=1S/C11H10I3NO3S/c12-6-3-7(13)11(8(14)4-6)15-9(16)5-19-2-1-10(17)18/h3-4H,1-2,5H2,(H,15,16)(H,17,18). The maximum Gasteiger partial charge on any atom is 0.304 e. The molecule has 0 heterocycles. The normalized spacial score (nSPS) is 10.3. The molecule has 0 aliphatic carbocycles. The van der Waals surface area contributed by atoms with Crippen molar-refractivity contribution in [1.82, 2.24) is 0 Å². The molecule has 0 saturated heterocycles. The number of carbonyl (C=O) groups is 2. The van der Waals surface area contributed by atoms with Crippen molar-refractivity contribution in [3.05, 3.63) is 22.8 Å². The van der Waals surface area contributed by atoms with E-state index in [1.54, 1.807) is 0 Å². The van der Waals surface area contributed by atoms with Crippen molar-refractivity contribution in [3.8, 4) is 0 Å². The van der Waals surface area contributed by atoms with Gasteiger partial charge in [-0.2, -0.15) is 11.8 Å². The lowest BCUT2D eigenvalue weighted by Gasteiger charge is -2.10. The minimum absolute atomic E-state index is 0.0799. The molecule has 0 radical (unpaired) electrons. The van der Waals surface area contributed by atoms with Gasteiger partial charge in [0.2, 0.25) is 5.91 Å². The van der Waals surface area contributed by atoms with Crippen molar-refractivity contribution in [1.29, 1.82) is 0 Å². The Morgan fingerprint density at radius 1 is 1.21 bits per heavy atom. The van der Waals surface area contributed by atoms with E-state index in [1.807, 2.05) is 12.1 Å². The van der Waals surface area contributed by atoms with Gasteiger partial charge in [0.25, 0.3) is 0 Å². The van der Waals surface area contributed by atoms with Crippen LogP contribution in [0.1, 0.15) is 6.42 Å². The number of rotatable bonds is 6. The van der Waals surface area contributed by atoms with Gasteiger partial charge in [-0.25, -0.2) is 0 Å². The summed E-state index contributed by atoms with van der Waals surface area (Å²) in [5.74, 6) is -0.225. The number of thioether (sulfide) groups is 1. The Morgan fingerprint density at radius 2 is 1.79 bits per heavy atom. The lowest BCUT2D eigenvalue weighted by molar-refractivity contribution is -0.136. The summed E-state index contributed by atoms with van der Waals surface area (Å²) in [5.41, 5.74) is 0.824. The number of hydrogen-bond acceptors (Lipinski definition) is 3. The highest BCUT2D eigenvalue weighted by molar-refractivity contribution is 14.1. The van der Waals surface area contributed by atoms with Crippen LogP contribution in [0, 0.1) is 10.7 Å². The number of carbonyl (C=O) groups excluding carboxylic acids is 1. The molecule has 1 amide bonds. The molecule has 8 heteroatoms. The maximum atomic E-state index is 11.8. The SMILES string of the molecule is O=C(O)CCSCC(=O)Nc1c(I)cc(I)cc1I. The molecule has 1 rings (SSSR count). The average molecular weight is 617 g/mol. The Bertz CT molecular complexity index is 473. The maximum absolute atomic E-state index is 11.8. The van der Waals surface area contributed by atoms with Crippen LogP contribution in [0.2, 0.25) is 0 Å². The molecule has 0 bridgehead atoms. The van der Waals surface area contributed by atoms with Crippen molar-refractivity contribution >= 4 is 97.1 Å². The number of hydrogen-bond donors (Lipinski definition) is 2. The summed E-state index contributed by atoms with van der Waals surface area (Å²) in [5, 5.41) is 11.4. The molecule has 1 aromatic rings. The monoisotopic (exact) mass is 617 g/mol. The van der Waals surface area contributed by atoms with E-state index in [0.717, 1.165) is 16.4 Å². The summed E-state index contributed by atoms with van der Waals surface area (Å²) in [4.78, 5) is 22.1. The van der Waals surface area contributed by atoms with Crippen LogP contribution in [-0.4, -0.2) is 28.5 Å². The first-order chi connectivity index (χ1) is 8.90. The Kier molecular flexibility index (Phi) is 8.29. The average Bonchev–Trinajstić information content (AvgIpc) is 2.29. The summed E-state index contributed by atoms with van der Waals surface area (Å²) in [7, 11) is 0. The minimum Gasteiger partial charge on any atom is -0.481 e. The van der Waals surface area contributed by atoms with Gasteiger partial charge in [-0.3, -0.25) is 9.59 Å². The molecule has 4 nitrogen and oxygen atoms in total. The molecule has 0 unspecified atom stereocenters. The van der Waals surface area contributed by atoms with Crippen LogP contribution in [-0.2, 0) is 9.59 Å². The number of carboxylic acid groups (broad SMARTS) is 1. The number of amides is 1. The highest BCUT2D eigenvalue weighted by Gasteiger charge is 2.10. The predicted octanol–water partition coefficient (Wildman–Crippen LogP) is 3.65. The molecule has 0 fully saturated rings. The molecular formula is C11H10I3NO3S. The smallest absolute Gasteiger partial charge is 0.304 e. The summed E-state index contributed by atoms with van der Waals surface area (Å²) >= 11 is 7.94. The first-order valence-electron chi connectivity index (χ1n) is 5.14. The number of aliphatic carboxylic acids is 1. The third kappa shape index (κ3) is 6.80. The van der Waals surface area contributed by atoms with Gasteiger partial charge in [-0.1, -0.05) is 0 Å². The van der Waals surface area contributed by atoms with Crippen molar-refractivity contribution in [3.63, 3.8) is 0 Å². The van der Waals surface area contributed by atoms with Crippen LogP contribution in [0.4, 0.5) is 5.69 Å². The molecule has 0 spiro atoms. The van der Waals surface area contributed by atoms with Gasteiger partial charge in [0, 0.05) is 16.5 Å². The number of halogens is 3. The van der Waals surface area contributed by atoms with Crippen LogP contribution in [0.3, 0.4) is 0 Å². The van der Waals surface area contributed by atoms with Crippen molar-refractivity contribution in [2.75, 3.05) is 16.8 Å². The van der Waals surface area contributed by atoms with Gasteiger partial charge in [-0.15, -0.1) is 0 Å². The van der Waals surface area contributed by atoms with E-state index in [4.69, 9.17) is 5.11 Å². The molecule has 0 aliphatic heterocycles. The van der Waals surface area contributed by atoms with Gasteiger partial charge in [0.1, 0.15) is 0 Å². The van der Waals surface area contributed by atoms with Gasteiger partial charge >= 0.3 is 5.97 Å². The van der Waals surface area contributed by atoms with E-state index in [1.165, 1.54) is 11.8 Å². The largest absolute Gasteiger partial charge is 0.481 e. The van der Waals surface area contributed by atoms with Gasteiger partial charge < -0.3 is 10.4 Å². The van der Waals surface area contributed by atoms with Crippen LogP contribution < -0.4 is 5.32 Å². The van der Waals surface area contributed by atoms with Crippen LogP contribution in [0.25, 0.3) is 0 Å². The van der Waals surface area contributed by atoms with E-state index in [2.05, 4.69) is 73.1 Å². The molecule has 0 saturated carbocycles. The second-order valence-corrected chi connectivity index (χ2v) is 8.16. The van der Waals surface area contributed by atoms with E-state index < -0.39 is 5.97 Å². The van der Waals surface area contributed by atoms with Gasteiger partial charge in [0.15, 0.2) is 0 Å². The number of carboxylic acids is 1. The Hall–Kier alpha value is 0.700. The first-order valence-corrected chi connectivity index (χ1v) is 9.53. The third-order valence-corrected chi connectivity index (χ3v) is 5.25. The van der Waals surface area contributed by atoms with Crippen LogP contribution in [0.15, 0.2) is 12.1 Å². The summed E-state index contributed by atoms with van der Waals surface area (Å²) < 4.78 is 3.12. The molecule has 2 N–H and O–H groups in total. The topological polar surface area (TPSA) is 66.4 Å². The number of anilines is 1. The number of benzene rings is 1. The Labute approximate surface area is 156 Å². The highest BCUT2D eigenvalue weighted by Crippen LogP contribution is 2.27. The molecule has 104 valence electrons. The van der Waals surface area contributed by atoms with Gasteiger partial charge in [0.05, 0.1) is 17.9 Å². The first kappa shape index (κ1) is 17.8. The molecule has 19 heavy (non-hydrogen) atoms. The second-order valence-electron chi connectivity index (χ2n) is 3.49. The zero-order valence-corrected chi connectivity index (χ0v) is 16.9. The molecular weight excluding hydrogens is 607 g/mol. The summed E-state index contributed by atoms with van der Waals surface area (Å²) in [6, 6.07) is 3.99. The lowest BCUT2D eigenvalue weighted by Crippen LogP contribution is -2.16. The fourth-order valence-electron chi connectivity index (χ4n) is 1.16. The van der Waals surface area contributed by atoms with E-state index >= 15 is 0 Å². The van der Waals surface area contributed by atoms with E-state index in [0.29, 0.717) is 5.75 Å². The zero-order valence-electron chi connectivity index (χ0n) is 9.58. The van der Waals surface area contributed by atoms with E-state index in [9.17, 15) is 9.59 Å². The quantitative estimate of drug-likeness (QED) is 0.379. The summed E-state index contributed by atoms with van der Waals surface area (Å²) in [6.07, 6.45) is 0.0799. The Morgan fingerprint density at radius 3 is 2.32 bits per heavy atom. The fourth-order valence-corrected chi connectivity index (χ4v) is 5.73. The predicted molar refractivity (Wildman–Crippen MR) is 103 cm³/mol. The molecule has 1 aromatic carbocycles. The lowest BCUT2D eigenvalue weighted by atomic mass is 10.3. The zero-order chi connectivity index (χ0) is 14.4. The van der Waals surface area contributed by atoms with Crippen molar-refractivity contribution in [2.45, 2.75) is 6.42 Å². The highest BCUT2D eigenvalue weighted by atomic mass is 127. The fraction of sp³-hybridized carbons (Fsp3) is 0.273. The molecule has 0 aromatic heterocycles. The Balaban J connectivity index is 2.51. The summed E-state index contributed by atoms with van der Waals surface area (Å²) in [6.45, 7) is 0. The van der Waals surface area contributed by atoms with Gasteiger partial charge in [-0.05, 0) is 79.9 Å².